The van der Waals surface area contributed by atoms with Gasteiger partial charge in [-0.15, -0.1) is 0 Å². The Morgan fingerprint density at radius 1 is 1.25 bits per heavy atom. The molecule has 8 nitrogen and oxygen atoms in total. The molecular formula is C15H26O8P-. The number of allylic oxidation sites excluding steroid dienone is 3. The first-order valence-electron chi connectivity index (χ1n) is 7.71. The molecule has 1 unspecified atom stereocenters. The van der Waals surface area contributed by atoms with Gasteiger partial charge in [0.15, 0.2) is 6.29 Å². The summed E-state index contributed by atoms with van der Waals surface area (Å²) in [6.45, 7) is 5.10. The van der Waals surface area contributed by atoms with Gasteiger partial charge in [0, 0.05) is 0 Å². The average Bonchev–Trinajstić information content (AvgIpc) is 2.74. The molecule has 3 N–H and O–H groups in total. The fraction of sp³-hybridized carbons (Fsp3) is 0.733. The van der Waals surface area contributed by atoms with Crippen molar-refractivity contribution in [3.8, 4) is 0 Å². The van der Waals surface area contributed by atoms with Crippen molar-refractivity contribution in [1.29, 1.82) is 0 Å². The zero-order valence-corrected chi connectivity index (χ0v) is 15.0. The van der Waals surface area contributed by atoms with Crippen LogP contribution in [0.1, 0.15) is 33.6 Å². The number of aliphatic hydroxyl groups excluding tert-OH is 3. The van der Waals surface area contributed by atoms with Crippen molar-refractivity contribution < 1.29 is 38.6 Å². The van der Waals surface area contributed by atoms with E-state index in [1.54, 1.807) is 6.08 Å². The van der Waals surface area contributed by atoms with E-state index in [1.807, 2.05) is 20.8 Å². The van der Waals surface area contributed by atoms with Gasteiger partial charge in [0.25, 0.3) is 7.82 Å². The highest BCUT2D eigenvalue weighted by Crippen LogP contribution is 2.42. The molecular weight excluding hydrogens is 339 g/mol. The predicted molar refractivity (Wildman–Crippen MR) is 84.8 cm³/mol. The molecule has 0 aliphatic carbocycles. The molecule has 9 heteroatoms. The number of phosphoric acid groups is 1. The third-order valence-corrected chi connectivity index (χ3v) is 4.42. The lowest BCUT2D eigenvalue weighted by atomic mass is 10.1. The van der Waals surface area contributed by atoms with E-state index in [1.165, 1.54) is 5.57 Å². The lowest BCUT2D eigenvalue weighted by molar-refractivity contribution is -0.248. The van der Waals surface area contributed by atoms with E-state index in [-0.39, 0.29) is 6.61 Å². The van der Waals surface area contributed by atoms with Crippen LogP contribution in [0.25, 0.3) is 0 Å². The molecule has 1 rings (SSSR count). The normalized spacial score (nSPS) is 30.2. The van der Waals surface area contributed by atoms with Crippen molar-refractivity contribution in [2.24, 2.45) is 0 Å². The standard InChI is InChI=1S/C15H27O8P/c1-10(2)5-4-6-11(3)7-8-21-24(19,20)23-15-14(18)13(17)12(9-16)22-15/h5,7,12-18H,4,6,8-9H2,1-3H3,(H,19,20)/p-1/b11-7-/t12-,13-,14+,15+/m1/s1. The molecule has 1 aliphatic rings. The molecule has 0 aromatic heterocycles. The minimum Gasteiger partial charge on any atom is -0.756 e. The van der Waals surface area contributed by atoms with Gasteiger partial charge in [0.1, 0.15) is 18.3 Å². The van der Waals surface area contributed by atoms with Crippen LogP contribution in [0.5, 0.6) is 0 Å². The first-order valence-corrected chi connectivity index (χ1v) is 9.17. The molecule has 5 atom stereocenters. The maximum atomic E-state index is 11.7. The highest BCUT2D eigenvalue weighted by Gasteiger charge is 2.44. The molecule has 0 aromatic rings. The number of phosphoric ester groups is 1. The molecule has 140 valence electrons. The van der Waals surface area contributed by atoms with Gasteiger partial charge in [-0.3, -0.25) is 9.09 Å². The van der Waals surface area contributed by atoms with Gasteiger partial charge in [-0.25, -0.2) is 0 Å². The van der Waals surface area contributed by atoms with Crippen molar-refractivity contribution >= 4 is 7.82 Å². The van der Waals surface area contributed by atoms with Crippen LogP contribution in [0.15, 0.2) is 23.3 Å². The third kappa shape index (κ3) is 7.13. The first kappa shape index (κ1) is 21.5. The first-order chi connectivity index (χ1) is 11.2. The summed E-state index contributed by atoms with van der Waals surface area (Å²) < 4.78 is 26.0. The summed E-state index contributed by atoms with van der Waals surface area (Å²) in [5.74, 6) is 0. The van der Waals surface area contributed by atoms with E-state index >= 15 is 0 Å². The van der Waals surface area contributed by atoms with E-state index < -0.39 is 39.0 Å². The summed E-state index contributed by atoms with van der Waals surface area (Å²) in [6.07, 6.45) is -0.380. The van der Waals surface area contributed by atoms with Gasteiger partial charge < -0.3 is 29.5 Å². The molecule has 24 heavy (non-hydrogen) atoms. The molecule has 0 aromatic carbocycles. The summed E-state index contributed by atoms with van der Waals surface area (Å²) in [5, 5.41) is 28.1. The summed E-state index contributed by atoms with van der Waals surface area (Å²) in [5.41, 5.74) is 2.19. The van der Waals surface area contributed by atoms with Crippen LogP contribution in [0.3, 0.4) is 0 Å². The van der Waals surface area contributed by atoms with E-state index in [0.29, 0.717) is 0 Å². The summed E-state index contributed by atoms with van der Waals surface area (Å²) >= 11 is 0. The molecule has 0 amide bonds. The van der Waals surface area contributed by atoms with Crippen molar-refractivity contribution in [2.75, 3.05) is 13.2 Å². The Labute approximate surface area is 142 Å². The largest absolute Gasteiger partial charge is 0.756 e. The minimum atomic E-state index is -4.72. The Morgan fingerprint density at radius 2 is 1.92 bits per heavy atom. The van der Waals surface area contributed by atoms with Gasteiger partial charge >= 0.3 is 0 Å². The Morgan fingerprint density at radius 3 is 2.46 bits per heavy atom. The summed E-state index contributed by atoms with van der Waals surface area (Å²) in [6, 6.07) is 0. The monoisotopic (exact) mass is 365 g/mol. The van der Waals surface area contributed by atoms with Gasteiger partial charge in [-0.05, 0) is 33.6 Å². The highest BCUT2D eigenvalue weighted by atomic mass is 31.2. The van der Waals surface area contributed by atoms with Crippen molar-refractivity contribution in [3.05, 3.63) is 23.3 Å². The van der Waals surface area contributed by atoms with Crippen molar-refractivity contribution in [2.45, 2.75) is 58.2 Å². The lowest BCUT2D eigenvalue weighted by Crippen LogP contribution is -2.34. The molecule has 1 fully saturated rings. The molecule has 0 saturated carbocycles. The number of hydrogen-bond acceptors (Lipinski definition) is 8. The fourth-order valence-electron chi connectivity index (χ4n) is 2.07. The van der Waals surface area contributed by atoms with Crippen LogP contribution in [0, 0.1) is 0 Å². The van der Waals surface area contributed by atoms with Crippen molar-refractivity contribution in [3.63, 3.8) is 0 Å². The summed E-state index contributed by atoms with van der Waals surface area (Å²) in [7, 11) is -4.72. The maximum Gasteiger partial charge on any atom is 0.270 e. The van der Waals surface area contributed by atoms with Crippen molar-refractivity contribution in [1.82, 2.24) is 0 Å². The minimum absolute atomic E-state index is 0.198. The summed E-state index contributed by atoms with van der Waals surface area (Å²) in [4.78, 5) is 11.7. The smallest absolute Gasteiger partial charge is 0.270 e. The van der Waals surface area contributed by atoms with E-state index in [4.69, 9.17) is 14.4 Å². The zero-order chi connectivity index (χ0) is 18.3. The van der Waals surface area contributed by atoms with Gasteiger partial charge in [-0.1, -0.05) is 23.3 Å². The Bertz CT molecular complexity index is 500. The molecule has 1 heterocycles. The molecule has 0 spiro atoms. The Kier molecular flexibility index (Phi) is 8.76. The number of rotatable bonds is 9. The van der Waals surface area contributed by atoms with Crippen LogP contribution in [-0.2, 0) is 18.3 Å². The second-order valence-corrected chi connectivity index (χ2v) is 7.29. The van der Waals surface area contributed by atoms with E-state index in [9.17, 15) is 19.7 Å². The highest BCUT2D eigenvalue weighted by molar-refractivity contribution is 7.45. The second kappa shape index (κ2) is 9.79. The molecule has 1 saturated heterocycles. The van der Waals surface area contributed by atoms with Crippen LogP contribution in [0.2, 0.25) is 0 Å². The van der Waals surface area contributed by atoms with Crippen LogP contribution in [-0.4, -0.2) is 53.1 Å². The number of ether oxygens (including phenoxy) is 1. The number of aliphatic hydroxyl groups is 3. The van der Waals surface area contributed by atoms with Crippen LogP contribution >= 0.6 is 7.82 Å². The quantitative estimate of drug-likeness (QED) is 0.401. The Hall–Kier alpha value is -0.570. The second-order valence-electron chi connectivity index (χ2n) is 5.93. The van der Waals surface area contributed by atoms with Gasteiger partial charge in [0.05, 0.1) is 13.2 Å². The Balaban J connectivity index is 2.44. The van der Waals surface area contributed by atoms with Crippen LogP contribution < -0.4 is 4.89 Å². The molecule has 0 bridgehead atoms. The predicted octanol–water partition coefficient (Wildman–Crippen LogP) is 0.620. The van der Waals surface area contributed by atoms with E-state index in [2.05, 4.69) is 10.6 Å². The third-order valence-electron chi connectivity index (χ3n) is 3.49. The zero-order valence-electron chi connectivity index (χ0n) is 14.1. The average molecular weight is 365 g/mol. The van der Waals surface area contributed by atoms with E-state index in [0.717, 1.165) is 18.4 Å². The van der Waals surface area contributed by atoms with Gasteiger partial charge in [-0.2, -0.15) is 0 Å². The topological polar surface area (TPSA) is 129 Å². The molecule has 1 aliphatic heterocycles. The lowest BCUT2D eigenvalue weighted by Gasteiger charge is -2.26. The molecule has 0 radical (unpaired) electrons. The van der Waals surface area contributed by atoms with Crippen LogP contribution in [0.4, 0.5) is 0 Å². The van der Waals surface area contributed by atoms with Gasteiger partial charge in [0.2, 0.25) is 0 Å². The maximum absolute atomic E-state index is 11.7. The SMILES string of the molecule is CC(C)=CCC/C(C)=C\COP(=O)([O-])O[C@@H]1O[C@H](CO)[C@@H](O)[C@@H]1O. The fourth-order valence-corrected chi connectivity index (χ4v) is 2.82. The number of hydrogen-bond donors (Lipinski definition) is 3.